The number of ether oxygens (including phenoxy) is 4. The quantitative estimate of drug-likeness (QED) is 0.232. The molecule has 1 fully saturated rings. The van der Waals surface area contributed by atoms with Crippen LogP contribution in [0, 0.1) is 5.92 Å². The molecule has 0 aliphatic heterocycles. The Morgan fingerprint density at radius 1 is 1.10 bits per heavy atom. The Morgan fingerprint density at radius 3 is 2.54 bits per heavy atom. The summed E-state index contributed by atoms with van der Waals surface area (Å²) in [7, 11) is 0. The molecule has 2 aromatic carbocycles. The fraction of sp³-hybridized carbons (Fsp3) is 0.357. The lowest BCUT2D eigenvalue weighted by Gasteiger charge is -2.23. The highest BCUT2D eigenvalue weighted by Crippen LogP contribution is 2.37. The molecule has 0 amide bonds. The summed E-state index contributed by atoms with van der Waals surface area (Å²) >= 11 is 12.5. The summed E-state index contributed by atoms with van der Waals surface area (Å²) in [4.78, 5) is 27.6. The molecule has 1 aromatic heterocycles. The average molecular weight is 582 g/mol. The van der Waals surface area contributed by atoms with Crippen LogP contribution in [0.25, 0.3) is 0 Å². The van der Waals surface area contributed by atoms with E-state index in [0.29, 0.717) is 18.1 Å². The second-order valence-electron chi connectivity index (χ2n) is 9.17. The van der Waals surface area contributed by atoms with E-state index in [0.717, 1.165) is 18.4 Å². The van der Waals surface area contributed by atoms with Gasteiger partial charge in [0.2, 0.25) is 0 Å². The van der Waals surface area contributed by atoms with Gasteiger partial charge in [-0.15, -0.1) is 0 Å². The maximum Gasteiger partial charge on any atom is 0.387 e. The molecule has 1 aliphatic carbocycles. The summed E-state index contributed by atoms with van der Waals surface area (Å²) in [5.41, 5.74) is 0.974. The Bertz CT molecular complexity index is 1330. The van der Waals surface area contributed by atoms with Crippen LogP contribution in [0.3, 0.4) is 0 Å². The monoisotopic (exact) mass is 581 g/mol. The number of nitrogens with one attached hydrogen (secondary N) is 1. The van der Waals surface area contributed by atoms with Gasteiger partial charge in [-0.3, -0.25) is 4.79 Å². The zero-order valence-electron chi connectivity index (χ0n) is 21.0. The highest BCUT2D eigenvalue weighted by atomic mass is 35.5. The topological polar surface area (TPSA) is 86.9 Å². The number of benzene rings is 2. The third kappa shape index (κ3) is 8.17. The lowest BCUT2D eigenvalue weighted by atomic mass is 10.0. The van der Waals surface area contributed by atoms with E-state index in [2.05, 4.69) is 9.72 Å². The van der Waals surface area contributed by atoms with Gasteiger partial charge in [0.05, 0.1) is 18.2 Å². The number of esters is 1. The molecule has 39 heavy (non-hydrogen) atoms. The SMILES string of the molecule is CC(OCc1ccccc1)C(=O)OC(Cc1c(Cl)c[nH]c(=O)c1Cl)c1ccc(OC(F)F)c(OCC2CC2)c1. The number of aromatic amines is 1. The van der Waals surface area contributed by atoms with Crippen molar-refractivity contribution in [2.75, 3.05) is 6.61 Å². The van der Waals surface area contributed by atoms with Crippen molar-refractivity contribution in [2.24, 2.45) is 5.92 Å². The number of carbonyl (C=O) groups excluding carboxylic acids is 1. The van der Waals surface area contributed by atoms with Gasteiger partial charge in [0, 0.05) is 18.2 Å². The second kappa shape index (κ2) is 13.3. The van der Waals surface area contributed by atoms with Crippen molar-refractivity contribution in [3.8, 4) is 11.5 Å². The maximum absolute atomic E-state index is 13.1. The molecule has 0 spiro atoms. The van der Waals surface area contributed by atoms with Crippen LogP contribution in [0.1, 0.15) is 42.6 Å². The molecule has 0 saturated heterocycles. The number of aromatic nitrogens is 1. The smallest absolute Gasteiger partial charge is 0.387 e. The third-order valence-corrected chi connectivity index (χ3v) is 6.87. The van der Waals surface area contributed by atoms with E-state index in [1.54, 1.807) is 6.92 Å². The highest BCUT2D eigenvalue weighted by Gasteiger charge is 2.27. The van der Waals surface area contributed by atoms with Crippen LogP contribution in [0.5, 0.6) is 11.5 Å². The third-order valence-electron chi connectivity index (χ3n) is 6.13. The number of alkyl halides is 2. The summed E-state index contributed by atoms with van der Waals surface area (Å²) in [6, 6.07) is 13.6. The molecule has 0 bridgehead atoms. The summed E-state index contributed by atoms with van der Waals surface area (Å²) in [6.45, 7) is -0.973. The molecule has 7 nitrogen and oxygen atoms in total. The van der Waals surface area contributed by atoms with Crippen molar-refractivity contribution in [3.05, 3.63) is 91.8 Å². The summed E-state index contributed by atoms with van der Waals surface area (Å²) in [5, 5.41) is 0.0108. The van der Waals surface area contributed by atoms with Gasteiger partial charge in [-0.1, -0.05) is 59.6 Å². The summed E-state index contributed by atoms with van der Waals surface area (Å²) in [5.74, 6) is -0.400. The van der Waals surface area contributed by atoms with Crippen LogP contribution in [0.4, 0.5) is 8.78 Å². The van der Waals surface area contributed by atoms with E-state index in [-0.39, 0.29) is 40.1 Å². The minimum Gasteiger partial charge on any atom is -0.489 e. The summed E-state index contributed by atoms with van der Waals surface area (Å²) < 4.78 is 47.9. The molecule has 2 unspecified atom stereocenters. The number of hydrogen-bond donors (Lipinski definition) is 1. The Kier molecular flexibility index (Phi) is 9.83. The minimum absolute atomic E-state index is 0.0736. The van der Waals surface area contributed by atoms with E-state index in [1.165, 1.54) is 24.4 Å². The maximum atomic E-state index is 13.1. The molecule has 1 saturated carbocycles. The Hall–Kier alpha value is -3.14. The van der Waals surface area contributed by atoms with Crippen LogP contribution in [0.15, 0.2) is 59.5 Å². The number of pyridine rings is 1. The highest BCUT2D eigenvalue weighted by molar-refractivity contribution is 6.35. The van der Waals surface area contributed by atoms with Crippen molar-refractivity contribution in [1.82, 2.24) is 4.98 Å². The molecule has 1 heterocycles. The van der Waals surface area contributed by atoms with Crippen LogP contribution >= 0.6 is 23.2 Å². The number of halogens is 4. The van der Waals surface area contributed by atoms with Crippen LogP contribution in [0.2, 0.25) is 10.0 Å². The van der Waals surface area contributed by atoms with Crippen molar-refractivity contribution >= 4 is 29.2 Å². The lowest BCUT2D eigenvalue weighted by molar-refractivity contribution is -0.162. The second-order valence-corrected chi connectivity index (χ2v) is 9.95. The molecular formula is C28H27Cl2F2NO6. The van der Waals surface area contributed by atoms with Crippen molar-refractivity contribution in [1.29, 1.82) is 0 Å². The molecule has 4 rings (SSSR count). The largest absolute Gasteiger partial charge is 0.489 e. The van der Waals surface area contributed by atoms with Gasteiger partial charge in [0.25, 0.3) is 5.56 Å². The number of hydrogen-bond acceptors (Lipinski definition) is 6. The van der Waals surface area contributed by atoms with Crippen molar-refractivity contribution in [2.45, 2.75) is 51.6 Å². The lowest BCUT2D eigenvalue weighted by Crippen LogP contribution is -2.26. The predicted molar refractivity (Wildman–Crippen MR) is 142 cm³/mol. The van der Waals surface area contributed by atoms with Gasteiger partial charge >= 0.3 is 12.6 Å². The van der Waals surface area contributed by atoms with E-state index >= 15 is 0 Å². The normalized spacial score (nSPS) is 14.6. The molecule has 0 radical (unpaired) electrons. The van der Waals surface area contributed by atoms with Gasteiger partial charge in [0.15, 0.2) is 17.6 Å². The number of carbonyl (C=O) groups is 1. The average Bonchev–Trinajstić information content (AvgIpc) is 3.75. The van der Waals surface area contributed by atoms with Crippen LogP contribution in [-0.2, 0) is 27.3 Å². The fourth-order valence-corrected chi connectivity index (χ4v) is 4.25. The molecular weight excluding hydrogens is 555 g/mol. The molecule has 1 N–H and O–H groups in total. The first-order chi connectivity index (χ1) is 18.7. The van der Waals surface area contributed by atoms with E-state index in [4.69, 9.17) is 37.4 Å². The van der Waals surface area contributed by atoms with E-state index in [1.807, 2.05) is 30.3 Å². The zero-order chi connectivity index (χ0) is 27.9. The first-order valence-electron chi connectivity index (χ1n) is 12.3. The molecule has 1 aliphatic rings. The Morgan fingerprint density at radius 2 is 1.85 bits per heavy atom. The number of H-pyrrole nitrogens is 1. The van der Waals surface area contributed by atoms with Gasteiger partial charge < -0.3 is 23.9 Å². The Labute approximate surface area is 233 Å². The molecule has 208 valence electrons. The first kappa shape index (κ1) is 28.9. The van der Waals surface area contributed by atoms with Crippen LogP contribution < -0.4 is 15.0 Å². The predicted octanol–water partition coefficient (Wildman–Crippen LogP) is 6.50. The van der Waals surface area contributed by atoms with Gasteiger partial charge in [0.1, 0.15) is 11.1 Å². The zero-order valence-corrected chi connectivity index (χ0v) is 22.5. The number of rotatable bonds is 13. The Balaban J connectivity index is 1.60. The molecule has 2 atom stereocenters. The van der Waals surface area contributed by atoms with Gasteiger partial charge in [-0.2, -0.15) is 8.78 Å². The summed E-state index contributed by atoms with van der Waals surface area (Å²) in [6.07, 6.45) is 1.25. The van der Waals surface area contributed by atoms with Gasteiger partial charge in [-0.25, -0.2) is 4.79 Å². The molecule has 3 aromatic rings. The van der Waals surface area contributed by atoms with Crippen molar-refractivity contribution < 1.29 is 32.5 Å². The molecule has 11 heteroatoms. The van der Waals surface area contributed by atoms with E-state index < -0.39 is 30.3 Å². The van der Waals surface area contributed by atoms with Crippen molar-refractivity contribution in [3.63, 3.8) is 0 Å². The van der Waals surface area contributed by atoms with Gasteiger partial charge in [-0.05, 0) is 48.9 Å². The standard InChI is InChI=1S/C28H27Cl2F2NO6/c1-16(36-14-17-5-3-2-4-6-17)27(35)38-23(12-20-21(29)13-33-26(34)25(20)30)19-9-10-22(39-28(31)32)24(11-19)37-15-18-7-8-18/h2-6,9-11,13,16,18,23,28H,7-8,12,14-15H2,1H3,(H,33,34). The van der Waals surface area contributed by atoms with Crippen LogP contribution in [-0.4, -0.2) is 30.3 Å². The fourth-order valence-electron chi connectivity index (χ4n) is 3.74. The van der Waals surface area contributed by atoms with E-state index in [9.17, 15) is 18.4 Å². The minimum atomic E-state index is -3.05. The first-order valence-corrected chi connectivity index (χ1v) is 13.1.